The Labute approximate surface area is 167 Å². The maximum atomic E-state index is 12.5. The predicted molar refractivity (Wildman–Crippen MR) is 103 cm³/mol. The molecule has 2 aromatic carbocycles. The van der Waals surface area contributed by atoms with E-state index < -0.39 is 15.9 Å². The van der Waals surface area contributed by atoms with Crippen molar-refractivity contribution in [1.82, 2.24) is 19.8 Å². The van der Waals surface area contributed by atoms with E-state index in [9.17, 15) is 13.2 Å². The number of carbonyl (C=O) groups excluding carboxylic acids is 1. The Morgan fingerprint density at radius 3 is 2.50 bits per heavy atom. The van der Waals surface area contributed by atoms with E-state index >= 15 is 0 Å². The Morgan fingerprint density at radius 1 is 1.14 bits per heavy atom. The fraction of sp³-hybridized carbons (Fsp3) is 0.167. The summed E-state index contributed by atoms with van der Waals surface area (Å²) in [6, 6.07) is 15.0. The number of benzene rings is 2. The van der Waals surface area contributed by atoms with Crippen molar-refractivity contribution in [1.29, 1.82) is 0 Å². The van der Waals surface area contributed by atoms with Crippen molar-refractivity contribution in [3.63, 3.8) is 0 Å². The van der Waals surface area contributed by atoms with Gasteiger partial charge in [-0.2, -0.15) is 9.29 Å². The summed E-state index contributed by atoms with van der Waals surface area (Å²) in [6.45, 7) is -0.363. The molecule has 0 aliphatic rings. The summed E-state index contributed by atoms with van der Waals surface area (Å²) in [5.41, 5.74) is 0.789. The van der Waals surface area contributed by atoms with E-state index in [1.807, 2.05) is 30.3 Å². The summed E-state index contributed by atoms with van der Waals surface area (Å²) in [4.78, 5) is 16.4. The number of amides is 1. The molecule has 0 aliphatic carbocycles. The number of rotatable bonds is 7. The molecule has 1 N–H and O–H groups in total. The summed E-state index contributed by atoms with van der Waals surface area (Å²) in [5.74, 6) is 0.127. The van der Waals surface area contributed by atoms with Crippen LogP contribution in [0.2, 0.25) is 5.02 Å². The third-order valence-corrected chi connectivity index (χ3v) is 5.89. The molecule has 0 unspecified atom stereocenters. The zero-order valence-electron chi connectivity index (χ0n) is 14.9. The second-order valence-corrected chi connectivity index (χ2v) is 8.35. The summed E-state index contributed by atoms with van der Waals surface area (Å²) in [5, 5.41) is 6.85. The lowest BCUT2D eigenvalue weighted by atomic mass is 10.2. The highest BCUT2D eigenvalue weighted by atomic mass is 35.5. The van der Waals surface area contributed by atoms with E-state index in [4.69, 9.17) is 16.1 Å². The maximum Gasteiger partial charge on any atom is 0.246 e. The van der Waals surface area contributed by atoms with E-state index in [-0.39, 0.29) is 23.9 Å². The van der Waals surface area contributed by atoms with Gasteiger partial charge in [-0.15, -0.1) is 0 Å². The highest BCUT2D eigenvalue weighted by Gasteiger charge is 2.23. The van der Waals surface area contributed by atoms with E-state index in [0.717, 1.165) is 9.87 Å². The van der Waals surface area contributed by atoms with Crippen molar-refractivity contribution >= 4 is 27.5 Å². The summed E-state index contributed by atoms with van der Waals surface area (Å²) < 4.78 is 31.0. The van der Waals surface area contributed by atoms with Crippen LogP contribution in [0.5, 0.6) is 0 Å². The third kappa shape index (κ3) is 4.75. The van der Waals surface area contributed by atoms with Gasteiger partial charge in [-0.25, -0.2) is 8.42 Å². The van der Waals surface area contributed by atoms with Gasteiger partial charge < -0.3 is 9.84 Å². The molecule has 1 aromatic heterocycles. The largest absolute Gasteiger partial charge is 0.346 e. The van der Waals surface area contributed by atoms with E-state index in [1.165, 1.54) is 31.3 Å². The van der Waals surface area contributed by atoms with E-state index in [1.54, 1.807) is 0 Å². The van der Waals surface area contributed by atoms with Crippen LogP contribution in [-0.4, -0.2) is 42.4 Å². The first-order valence-electron chi connectivity index (χ1n) is 8.23. The molecule has 1 amide bonds. The van der Waals surface area contributed by atoms with Crippen LogP contribution in [-0.2, 0) is 21.4 Å². The van der Waals surface area contributed by atoms with Crippen LogP contribution in [0.1, 0.15) is 5.89 Å². The second-order valence-electron chi connectivity index (χ2n) is 5.87. The lowest BCUT2D eigenvalue weighted by molar-refractivity contribution is -0.121. The molecule has 0 spiro atoms. The SMILES string of the molecule is CN(CC(=O)NCc1nc(-c2ccccc2)no1)S(=O)(=O)c1ccc(Cl)cc1. The first kappa shape index (κ1) is 20.0. The maximum absolute atomic E-state index is 12.5. The van der Waals surface area contributed by atoms with Crippen molar-refractivity contribution in [3.05, 3.63) is 65.5 Å². The van der Waals surface area contributed by atoms with Crippen LogP contribution in [0.25, 0.3) is 11.4 Å². The van der Waals surface area contributed by atoms with Crippen molar-refractivity contribution in [2.45, 2.75) is 11.4 Å². The van der Waals surface area contributed by atoms with Crippen molar-refractivity contribution < 1.29 is 17.7 Å². The number of nitrogens with one attached hydrogen (secondary N) is 1. The lowest BCUT2D eigenvalue weighted by Crippen LogP contribution is -2.38. The van der Waals surface area contributed by atoms with Gasteiger partial charge in [-0.1, -0.05) is 47.1 Å². The molecule has 0 saturated carbocycles. The number of aromatic nitrogens is 2. The smallest absolute Gasteiger partial charge is 0.246 e. The van der Waals surface area contributed by atoms with Crippen LogP contribution >= 0.6 is 11.6 Å². The van der Waals surface area contributed by atoms with Gasteiger partial charge in [-0.05, 0) is 24.3 Å². The van der Waals surface area contributed by atoms with Gasteiger partial charge in [0.1, 0.15) is 0 Å². The Bertz CT molecular complexity index is 1050. The minimum atomic E-state index is -3.80. The van der Waals surface area contributed by atoms with Crippen LogP contribution in [0, 0.1) is 0 Å². The number of likely N-dealkylation sites (N-methyl/N-ethyl adjacent to an activating group) is 1. The monoisotopic (exact) mass is 420 g/mol. The Morgan fingerprint density at radius 2 is 1.82 bits per heavy atom. The zero-order valence-corrected chi connectivity index (χ0v) is 16.4. The molecule has 0 aliphatic heterocycles. The number of hydrogen-bond acceptors (Lipinski definition) is 6. The molecule has 10 heteroatoms. The van der Waals surface area contributed by atoms with Gasteiger partial charge in [0, 0.05) is 17.6 Å². The first-order chi connectivity index (χ1) is 13.4. The van der Waals surface area contributed by atoms with Crippen molar-refractivity contribution in [2.75, 3.05) is 13.6 Å². The van der Waals surface area contributed by atoms with Gasteiger partial charge in [0.15, 0.2) is 0 Å². The van der Waals surface area contributed by atoms with E-state index in [2.05, 4.69) is 15.5 Å². The second kappa shape index (κ2) is 8.51. The molecular formula is C18H17ClN4O4S. The van der Waals surface area contributed by atoms with Crippen LogP contribution in [0.3, 0.4) is 0 Å². The average Bonchev–Trinajstić information content (AvgIpc) is 3.16. The van der Waals surface area contributed by atoms with Crippen LogP contribution < -0.4 is 5.32 Å². The van der Waals surface area contributed by atoms with Gasteiger partial charge in [0.25, 0.3) is 0 Å². The average molecular weight is 421 g/mol. The van der Waals surface area contributed by atoms with Crippen molar-refractivity contribution in [3.8, 4) is 11.4 Å². The molecule has 0 fully saturated rings. The number of sulfonamides is 1. The van der Waals surface area contributed by atoms with Gasteiger partial charge in [0.2, 0.25) is 27.6 Å². The molecule has 1 heterocycles. The molecule has 0 saturated heterocycles. The first-order valence-corrected chi connectivity index (χ1v) is 10.0. The quantitative estimate of drug-likeness (QED) is 0.628. The minimum absolute atomic E-state index is 0.00645. The normalized spacial score (nSPS) is 11.5. The molecule has 0 radical (unpaired) electrons. The highest BCUT2D eigenvalue weighted by molar-refractivity contribution is 7.89. The highest BCUT2D eigenvalue weighted by Crippen LogP contribution is 2.17. The zero-order chi connectivity index (χ0) is 20.1. The summed E-state index contributed by atoms with van der Waals surface area (Å²) >= 11 is 5.77. The lowest BCUT2D eigenvalue weighted by Gasteiger charge is -2.16. The molecule has 0 bridgehead atoms. The number of nitrogens with zero attached hydrogens (tertiary/aromatic N) is 3. The molecule has 8 nitrogen and oxygen atoms in total. The fourth-order valence-corrected chi connectivity index (χ4v) is 3.59. The number of halogens is 1. The van der Waals surface area contributed by atoms with E-state index in [0.29, 0.717) is 10.8 Å². The van der Waals surface area contributed by atoms with Gasteiger partial charge in [-0.3, -0.25) is 4.79 Å². The van der Waals surface area contributed by atoms with Crippen molar-refractivity contribution in [2.24, 2.45) is 0 Å². The molecule has 3 rings (SSSR count). The standard InChI is InChI=1S/C18H17ClN4O4S/c1-23(28(25,26)15-9-7-14(19)8-10-15)12-16(24)20-11-17-21-18(22-27-17)13-5-3-2-4-6-13/h2-10H,11-12H2,1H3,(H,20,24). The predicted octanol–water partition coefficient (Wildman–Crippen LogP) is 2.33. The van der Waals surface area contributed by atoms with Crippen LogP contribution in [0.4, 0.5) is 0 Å². The third-order valence-electron chi connectivity index (χ3n) is 3.82. The molecule has 28 heavy (non-hydrogen) atoms. The number of hydrogen-bond donors (Lipinski definition) is 1. The van der Waals surface area contributed by atoms with Gasteiger partial charge in [0.05, 0.1) is 18.0 Å². The summed E-state index contributed by atoms with van der Waals surface area (Å²) in [6.07, 6.45) is 0. The van der Waals surface area contributed by atoms with Gasteiger partial charge >= 0.3 is 0 Å². The molecule has 0 atom stereocenters. The molecule has 3 aromatic rings. The Balaban J connectivity index is 1.57. The molecule has 146 valence electrons. The Kier molecular flexibility index (Phi) is 6.08. The topological polar surface area (TPSA) is 105 Å². The Hall–Kier alpha value is -2.75. The fourth-order valence-electron chi connectivity index (χ4n) is 2.33. The molecular weight excluding hydrogens is 404 g/mol. The van der Waals surface area contributed by atoms with Crippen LogP contribution in [0.15, 0.2) is 64.0 Å². The minimum Gasteiger partial charge on any atom is -0.346 e. The number of carbonyl (C=O) groups is 1. The summed E-state index contributed by atoms with van der Waals surface area (Å²) in [7, 11) is -2.48.